The van der Waals surface area contributed by atoms with Gasteiger partial charge in [-0.05, 0) is 43.3 Å². The number of nitrogens with one attached hydrogen (secondary N) is 2. The van der Waals surface area contributed by atoms with Crippen LogP contribution in [0.15, 0.2) is 72.9 Å². The monoisotopic (exact) mass is 370 g/mol. The minimum absolute atomic E-state index is 0.840. The van der Waals surface area contributed by atoms with E-state index in [9.17, 15) is 0 Å². The van der Waals surface area contributed by atoms with Crippen molar-refractivity contribution in [2.75, 3.05) is 12.1 Å². The number of benzene rings is 3. The number of methoxy groups -OCH3 is 1. The molecule has 5 rings (SSSR count). The summed E-state index contributed by atoms with van der Waals surface area (Å²) >= 11 is 0. The lowest BCUT2D eigenvalue weighted by molar-refractivity contribution is 0.414. The van der Waals surface area contributed by atoms with E-state index in [1.54, 1.807) is 7.11 Å². The third-order valence-corrected chi connectivity index (χ3v) is 5.32. The fraction of sp³-hybridized carbons (Fsp3) is 0.130. The van der Waals surface area contributed by atoms with E-state index in [-0.39, 0.29) is 0 Å². The molecule has 1 aliphatic rings. The molecule has 0 saturated heterocycles. The largest absolute Gasteiger partial charge is 0.497 e. The first-order valence-corrected chi connectivity index (χ1v) is 9.47. The first-order chi connectivity index (χ1) is 13.8. The molecule has 0 aliphatic carbocycles. The average molecular weight is 370 g/mol. The molecule has 28 heavy (non-hydrogen) atoms. The maximum Gasteiger partial charge on any atom is 0.119 e. The molecule has 0 amide bonds. The van der Waals surface area contributed by atoms with Gasteiger partial charge in [0.2, 0.25) is 0 Å². The maximum absolute atomic E-state index is 5.39. The molecular formula is C23H22N4O. The molecule has 5 nitrogen and oxygen atoms in total. The van der Waals surface area contributed by atoms with Gasteiger partial charge in [0.1, 0.15) is 5.75 Å². The van der Waals surface area contributed by atoms with E-state index in [2.05, 4.69) is 76.0 Å². The Hall–Kier alpha value is -3.44. The highest BCUT2D eigenvalue weighted by molar-refractivity contribution is 6.09. The predicted molar refractivity (Wildman–Crippen MR) is 115 cm³/mol. The fourth-order valence-electron chi connectivity index (χ4n) is 4.01. The number of fused-ring (bicyclic) bond motifs is 3. The minimum atomic E-state index is 0.840. The lowest BCUT2D eigenvalue weighted by Crippen LogP contribution is -2.37. The molecular weight excluding hydrogens is 348 g/mol. The molecule has 0 bridgehead atoms. The Labute approximate surface area is 163 Å². The number of hydrazine groups is 2. The third kappa shape index (κ3) is 2.52. The first-order valence-electron chi connectivity index (χ1n) is 9.47. The molecule has 0 unspecified atom stereocenters. The summed E-state index contributed by atoms with van der Waals surface area (Å²) in [7, 11) is 1.69. The van der Waals surface area contributed by atoms with Crippen LogP contribution in [0.5, 0.6) is 5.75 Å². The molecule has 0 radical (unpaired) electrons. The number of para-hydroxylation sites is 1. The number of hydrogen-bond acceptors (Lipinski definition) is 4. The molecule has 0 saturated carbocycles. The molecule has 2 N–H and O–H groups in total. The van der Waals surface area contributed by atoms with Crippen molar-refractivity contribution >= 4 is 33.2 Å². The van der Waals surface area contributed by atoms with Crippen LogP contribution < -0.4 is 20.7 Å². The number of nitrogens with zero attached hydrogens (tertiary/aromatic N) is 2. The van der Waals surface area contributed by atoms with Crippen LogP contribution in [0.25, 0.3) is 27.5 Å². The van der Waals surface area contributed by atoms with Gasteiger partial charge in [0.15, 0.2) is 0 Å². The standard InChI is InChI=1S/C23H22N4O/c1-3-26-21-10-5-4-9-19(21)20-14-17(11-12-22(20)26)27-23(15-24-25-27)16-7-6-8-18(13-16)28-2/h4-15,24-25H,3H2,1-2H3. The SMILES string of the molecule is CCn1c2ccccc2c2cc(N3NNC=C3c3cccc(OC)c3)ccc21. The predicted octanol–water partition coefficient (Wildman–Crippen LogP) is 4.65. The number of hydrogen-bond donors (Lipinski definition) is 2. The topological polar surface area (TPSA) is 41.5 Å². The molecule has 0 spiro atoms. The van der Waals surface area contributed by atoms with Crippen molar-refractivity contribution in [1.82, 2.24) is 15.5 Å². The van der Waals surface area contributed by atoms with Gasteiger partial charge in [0, 0.05) is 40.1 Å². The van der Waals surface area contributed by atoms with E-state index in [0.29, 0.717) is 0 Å². The van der Waals surface area contributed by atoms with Crippen LogP contribution in [0.2, 0.25) is 0 Å². The Bertz CT molecular complexity index is 1210. The van der Waals surface area contributed by atoms with Crippen molar-refractivity contribution in [1.29, 1.82) is 0 Å². The van der Waals surface area contributed by atoms with Crippen LogP contribution in [-0.4, -0.2) is 11.7 Å². The molecule has 140 valence electrons. The summed E-state index contributed by atoms with van der Waals surface area (Å²) in [5, 5.41) is 4.60. The Kier molecular flexibility index (Phi) is 3.95. The Morgan fingerprint density at radius 2 is 1.75 bits per heavy atom. The highest BCUT2D eigenvalue weighted by atomic mass is 16.5. The highest BCUT2D eigenvalue weighted by Gasteiger charge is 2.20. The van der Waals surface area contributed by atoms with Crippen molar-refractivity contribution in [3.05, 3.63) is 78.5 Å². The quantitative estimate of drug-likeness (QED) is 0.549. The van der Waals surface area contributed by atoms with Gasteiger partial charge in [-0.3, -0.25) is 5.01 Å². The van der Waals surface area contributed by atoms with Crippen LogP contribution in [0.3, 0.4) is 0 Å². The number of rotatable bonds is 4. The summed E-state index contributed by atoms with van der Waals surface area (Å²) in [5.41, 5.74) is 12.1. The second-order valence-electron chi connectivity index (χ2n) is 6.82. The Balaban J connectivity index is 1.63. The number of aryl methyl sites for hydroxylation is 1. The number of ether oxygens (including phenoxy) is 1. The zero-order valence-corrected chi connectivity index (χ0v) is 15.9. The lowest BCUT2D eigenvalue weighted by Gasteiger charge is -2.22. The second-order valence-corrected chi connectivity index (χ2v) is 6.82. The van der Waals surface area contributed by atoms with Gasteiger partial charge in [0.25, 0.3) is 0 Å². The van der Waals surface area contributed by atoms with Crippen LogP contribution in [-0.2, 0) is 6.54 Å². The van der Waals surface area contributed by atoms with Gasteiger partial charge >= 0.3 is 0 Å². The van der Waals surface area contributed by atoms with Gasteiger partial charge < -0.3 is 14.7 Å². The van der Waals surface area contributed by atoms with Crippen molar-refractivity contribution in [2.24, 2.45) is 0 Å². The molecule has 4 aromatic rings. The van der Waals surface area contributed by atoms with E-state index < -0.39 is 0 Å². The first kappa shape index (κ1) is 16.7. The van der Waals surface area contributed by atoms with Gasteiger partial charge in [-0.2, -0.15) is 0 Å². The van der Waals surface area contributed by atoms with Gasteiger partial charge in [-0.15, -0.1) is 5.53 Å². The fourth-order valence-corrected chi connectivity index (χ4v) is 4.01. The van der Waals surface area contributed by atoms with Crippen molar-refractivity contribution in [2.45, 2.75) is 13.5 Å². The maximum atomic E-state index is 5.39. The molecule has 1 aromatic heterocycles. The molecule has 0 atom stereocenters. The zero-order chi connectivity index (χ0) is 19.1. The van der Waals surface area contributed by atoms with Crippen LogP contribution in [0.1, 0.15) is 12.5 Å². The van der Waals surface area contributed by atoms with Gasteiger partial charge in [-0.1, -0.05) is 30.3 Å². The summed E-state index contributed by atoms with van der Waals surface area (Å²) in [6.45, 7) is 3.14. The van der Waals surface area contributed by atoms with E-state index in [0.717, 1.165) is 29.2 Å². The van der Waals surface area contributed by atoms with Crippen LogP contribution in [0, 0.1) is 0 Å². The third-order valence-electron chi connectivity index (χ3n) is 5.32. The van der Waals surface area contributed by atoms with E-state index in [1.807, 2.05) is 24.4 Å². The molecule has 5 heteroatoms. The van der Waals surface area contributed by atoms with Crippen molar-refractivity contribution < 1.29 is 4.74 Å². The van der Waals surface area contributed by atoms with Gasteiger partial charge in [-0.25, -0.2) is 0 Å². The summed E-state index contributed by atoms with van der Waals surface area (Å²) in [6.07, 6.45) is 1.97. The van der Waals surface area contributed by atoms with E-state index in [1.165, 1.54) is 21.8 Å². The average Bonchev–Trinajstić information content (AvgIpc) is 3.36. The summed E-state index contributed by atoms with van der Waals surface area (Å²) in [5.74, 6) is 0.840. The number of anilines is 1. The van der Waals surface area contributed by atoms with Crippen LogP contribution >= 0.6 is 0 Å². The van der Waals surface area contributed by atoms with Gasteiger partial charge in [0.05, 0.1) is 18.5 Å². The molecule has 2 heterocycles. The smallest absolute Gasteiger partial charge is 0.119 e. The molecule has 1 aliphatic heterocycles. The lowest BCUT2D eigenvalue weighted by atomic mass is 10.1. The highest BCUT2D eigenvalue weighted by Crippen LogP contribution is 2.34. The summed E-state index contributed by atoms with van der Waals surface area (Å²) in [4.78, 5) is 0. The zero-order valence-electron chi connectivity index (χ0n) is 15.9. The second kappa shape index (κ2) is 6.62. The minimum Gasteiger partial charge on any atom is -0.497 e. The normalized spacial score (nSPS) is 13.8. The van der Waals surface area contributed by atoms with E-state index in [4.69, 9.17) is 4.74 Å². The van der Waals surface area contributed by atoms with Crippen LogP contribution in [0.4, 0.5) is 5.69 Å². The summed E-state index contributed by atoms with van der Waals surface area (Å²) < 4.78 is 7.75. The summed E-state index contributed by atoms with van der Waals surface area (Å²) in [6, 6.07) is 23.3. The Morgan fingerprint density at radius 3 is 2.61 bits per heavy atom. The van der Waals surface area contributed by atoms with Crippen molar-refractivity contribution in [3.8, 4) is 5.75 Å². The Morgan fingerprint density at radius 1 is 0.893 bits per heavy atom. The molecule has 0 fully saturated rings. The molecule has 3 aromatic carbocycles. The number of aromatic nitrogens is 1. The van der Waals surface area contributed by atoms with Crippen molar-refractivity contribution in [3.63, 3.8) is 0 Å². The van der Waals surface area contributed by atoms with E-state index >= 15 is 0 Å².